The molecule has 16 heavy (non-hydrogen) atoms. The van der Waals surface area contributed by atoms with Gasteiger partial charge in [-0.05, 0) is 13.3 Å². The van der Waals surface area contributed by atoms with Gasteiger partial charge in [0.2, 0.25) is 5.91 Å². The highest BCUT2D eigenvalue weighted by atomic mass is 32.1. The van der Waals surface area contributed by atoms with E-state index in [1.165, 1.54) is 4.88 Å². The van der Waals surface area contributed by atoms with Crippen LogP contribution >= 0.6 is 11.3 Å². The first-order valence-electron chi connectivity index (χ1n) is 5.56. The van der Waals surface area contributed by atoms with Crippen molar-refractivity contribution in [2.45, 2.75) is 32.7 Å². The monoisotopic (exact) mass is 241 g/mol. The van der Waals surface area contributed by atoms with E-state index in [4.69, 9.17) is 0 Å². The van der Waals surface area contributed by atoms with E-state index in [-0.39, 0.29) is 11.9 Å². The maximum Gasteiger partial charge on any atom is 0.221 e. The number of hydrogen-bond donors (Lipinski definition) is 2. The molecule has 2 N–H and O–H groups in total. The smallest absolute Gasteiger partial charge is 0.221 e. The van der Waals surface area contributed by atoms with Gasteiger partial charge in [0, 0.05) is 31.1 Å². The predicted octanol–water partition coefficient (Wildman–Crippen LogP) is 1.49. The Bertz CT molecular complexity index is 338. The van der Waals surface area contributed by atoms with Crippen LogP contribution in [0.2, 0.25) is 0 Å². The van der Waals surface area contributed by atoms with E-state index in [9.17, 15) is 4.79 Å². The first kappa shape index (κ1) is 13.1. The number of nitrogens with zero attached hydrogens (tertiary/aromatic N) is 1. The van der Waals surface area contributed by atoms with E-state index < -0.39 is 0 Å². The van der Waals surface area contributed by atoms with Gasteiger partial charge in [0.05, 0.1) is 6.04 Å². The lowest BCUT2D eigenvalue weighted by atomic mass is 10.3. The molecule has 0 saturated carbocycles. The third-order valence-corrected chi connectivity index (χ3v) is 3.70. The van der Waals surface area contributed by atoms with E-state index in [0.29, 0.717) is 13.0 Å². The first-order valence-corrected chi connectivity index (χ1v) is 6.37. The second-order valence-electron chi connectivity index (χ2n) is 3.62. The zero-order valence-corrected chi connectivity index (χ0v) is 10.9. The van der Waals surface area contributed by atoms with Gasteiger partial charge in [-0.3, -0.25) is 4.79 Å². The number of carbonyl (C=O) groups excluding carboxylic acids is 1. The lowest BCUT2D eigenvalue weighted by Crippen LogP contribution is -2.26. The SMILES string of the molecule is CCc1cnc(C(C)NCCC(=O)NC)s1. The van der Waals surface area contributed by atoms with Crippen molar-refractivity contribution < 1.29 is 4.79 Å². The summed E-state index contributed by atoms with van der Waals surface area (Å²) in [6.45, 7) is 4.88. The molecule has 0 bridgehead atoms. The van der Waals surface area contributed by atoms with Crippen molar-refractivity contribution in [2.24, 2.45) is 0 Å². The minimum atomic E-state index is 0.0630. The summed E-state index contributed by atoms with van der Waals surface area (Å²) in [6, 6.07) is 0.218. The van der Waals surface area contributed by atoms with Gasteiger partial charge in [-0.15, -0.1) is 11.3 Å². The zero-order chi connectivity index (χ0) is 12.0. The van der Waals surface area contributed by atoms with Crippen LogP contribution in [-0.4, -0.2) is 24.5 Å². The molecule has 0 spiro atoms. The number of nitrogens with one attached hydrogen (secondary N) is 2. The average Bonchev–Trinajstić information content (AvgIpc) is 2.77. The predicted molar refractivity (Wildman–Crippen MR) is 66.6 cm³/mol. The normalized spacial score (nSPS) is 12.4. The number of aromatic nitrogens is 1. The first-order chi connectivity index (χ1) is 7.67. The molecular formula is C11H19N3OS. The number of thiazole rings is 1. The van der Waals surface area contributed by atoms with E-state index in [1.807, 2.05) is 6.20 Å². The molecular weight excluding hydrogens is 222 g/mol. The molecule has 5 heteroatoms. The van der Waals surface area contributed by atoms with Gasteiger partial charge >= 0.3 is 0 Å². The number of aryl methyl sites for hydroxylation is 1. The van der Waals surface area contributed by atoms with Crippen LogP contribution in [0.3, 0.4) is 0 Å². The Balaban J connectivity index is 2.34. The molecule has 0 aliphatic rings. The number of hydrogen-bond acceptors (Lipinski definition) is 4. The molecule has 0 aliphatic heterocycles. The molecule has 0 aromatic carbocycles. The summed E-state index contributed by atoms with van der Waals surface area (Å²) in [4.78, 5) is 16.7. The minimum absolute atomic E-state index is 0.0630. The fourth-order valence-electron chi connectivity index (χ4n) is 1.30. The number of carbonyl (C=O) groups is 1. The van der Waals surface area contributed by atoms with Crippen molar-refractivity contribution in [1.82, 2.24) is 15.6 Å². The Morgan fingerprint density at radius 3 is 2.94 bits per heavy atom. The second kappa shape index (κ2) is 6.60. The molecule has 1 aromatic rings. The Hall–Kier alpha value is -0.940. The minimum Gasteiger partial charge on any atom is -0.359 e. The molecule has 1 amide bonds. The summed E-state index contributed by atoms with van der Waals surface area (Å²) in [5.41, 5.74) is 0. The van der Waals surface area contributed by atoms with Crippen LogP contribution in [0.4, 0.5) is 0 Å². The highest BCUT2D eigenvalue weighted by Crippen LogP contribution is 2.19. The van der Waals surface area contributed by atoms with Gasteiger partial charge in [-0.1, -0.05) is 6.92 Å². The Kier molecular flexibility index (Phi) is 5.42. The van der Waals surface area contributed by atoms with Crippen molar-refractivity contribution in [2.75, 3.05) is 13.6 Å². The van der Waals surface area contributed by atoms with Gasteiger partial charge < -0.3 is 10.6 Å². The lowest BCUT2D eigenvalue weighted by molar-refractivity contribution is -0.120. The van der Waals surface area contributed by atoms with Crippen LogP contribution in [0.1, 0.15) is 36.2 Å². The third kappa shape index (κ3) is 3.90. The summed E-state index contributed by atoms with van der Waals surface area (Å²) < 4.78 is 0. The maximum absolute atomic E-state index is 11.0. The largest absolute Gasteiger partial charge is 0.359 e. The van der Waals surface area contributed by atoms with Gasteiger partial charge in [0.15, 0.2) is 0 Å². The molecule has 4 nitrogen and oxygen atoms in total. The molecule has 1 aromatic heterocycles. The second-order valence-corrected chi connectivity index (χ2v) is 4.76. The number of rotatable bonds is 6. The molecule has 0 fully saturated rings. The summed E-state index contributed by atoms with van der Waals surface area (Å²) in [5, 5.41) is 6.98. The summed E-state index contributed by atoms with van der Waals surface area (Å²) in [5.74, 6) is 0.0630. The van der Waals surface area contributed by atoms with Crippen molar-refractivity contribution in [3.05, 3.63) is 16.1 Å². The highest BCUT2D eigenvalue weighted by Gasteiger charge is 2.09. The zero-order valence-electron chi connectivity index (χ0n) is 10.0. The molecule has 1 rings (SSSR count). The van der Waals surface area contributed by atoms with Crippen LogP contribution in [-0.2, 0) is 11.2 Å². The quantitative estimate of drug-likeness (QED) is 0.793. The van der Waals surface area contributed by atoms with Gasteiger partial charge in [-0.2, -0.15) is 0 Å². The van der Waals surface area contributed by atoms with Crippen molar-refractivity contribution in [3.8, 4) is 0 Å². The maximum atomic E-state index is 11.0. The Morgan fingerprint density at radius 2 is 2.38 bits per heavy atom. The van der Waals surface area contributed by atoms with E-state index >= 15 is 0 Å². The van der Waals surface area contributed by atoms with E-state index in [1.54, 1.807) is 18.4 Å². The van der Waals surface area contributed by atoms with E-state index in [0.717, 1.165) is 11.4 Å². The molecule has 0 radical (unpaired) electrons. The van der Waals surface area contributed by atoms with E-state index in [2.05, 4.69) is 29.5 Å². The number of amides is 1. The van der Waals surface area contributed by atoms with Crippen molar-refractivity contribution in [1.29, 1.82) is 0 Å². The highest BCUT2D eigenvalue weighted by molar-refractivity contribution is 7.11. The lowest BCUT2D eigenvalue weighted by Gasteiger charge is -2.10. The van der Waals surface area contributed by atoms with Gasteiger partial charge in [-0.25, -0.2) is 4.98 Å². The molecule has 1 heterocycles. The summed E-state index contributed by atoms with van der Waals surface area (Å²) in [7, 11) is 1.65. The molecule has 90 valence electrons. The van der Waals surface area contributed by atoms with Crippen LogP contribution in [0.15, 0.2) is 6.20 Å². The van der Waals surface area contributed by atoms with Crippen molar-refractivity contribution in [3.63, 3.8) is 0 Å². The van der Waals surface area contributed by atoms with Crippen LogP contribution in [0.5, 0.6) is 0 Å². The standard InChI is InChI=1S/C11H19N3OS/c1-4-9-7-14-11(16-9)8(2)13-6-5-10(15)12-3/h7-8,13H,4-6H2,1-3H3,(H,12,15). The third-order valence-electron chi connectivity index (χ3n) is 2.37. The molecule has 1 atom stereocenters. The van der Waals surface area contributed by atoms with Crippen LogP contribution < -0.4 is 10.6 Å². The summed E-state index contributed by atoms with van der Waals surface area (Å²) in [6.07, 6.45) is 3.46. The van der Waals surface area contributed by atoms with Crippen molar-refractivity contribution >= 4 is 17.2 Å². The molecule has 0 saturated heterocycles. The Labute approximate surface area is 100 Å². The average molecular weight is 241 g/mol. The van der Waals surface area contributed by atoms with Gasteiger partial charge in [0.25, 0.3) is 0 Å². The van der Waals surface area contributed by atoms with Crippen LogP contribution in [0.25, 0.3) is 0 Å². The summed E-state index contributed by atoms with van der Waals surface area (Å²) >= 11 is 1.73. The topological polar surface area (TPSA) is 54.0 Å². The fourth-order valence-corrected chi connectivity index (χ4v) is 2.18. The Morgan fingerprint density at radius 1 is 1.62 bits per heavy atom. The fraction of sp³-hybridized carbons (Fsp3) is 0.636. The molecule has 0 aliphatic carbocycles. The molecule has 1 unspecified atom stereocenters. The van der Waals surface area contributed by atoms with Gasteiger partial charge in [0.1, 0.15) is 5.01 Å². The van der Waals surface area contributed by atoms with Crippen LogP contribution in [0, 0.1) is 0 Å².